The van der Waals surface area contributed by atoms with Crippen molar-refractivity contribution in [3.63, 3.8) is 0 Å². The number of rotatable bonds is 7. The standard InChI is InChI=1S/C14H22N4O5S.ClH/c1-14(2,3)12(15)13(19)16-8-9-17-24(22,23)11-7-5-4-6-10(11)18(20)21;/h4-7,12,17H,8-9,15H2,1-3H3,(H,16,19);1H/t12-;/m1./s1. The van der Waals surface area contributed by atoms with E-state index in [1.165, 1.54) is 12.1 Å². The number of nitro groups is 1. The van der Waals surface area contributed by atoms with Crippen LogP contribution in [0.4, 0.5) is 5.69 Å². The zero-order chi connectivity index (χ0) is 18.5. The molecule has 11 heteroatoms. The molecular formula is C14H23ClN4O5S. The number of hydrogen-bond acceptors (Lipinski definition) is 6. The normalized spacial score (nSPS) is 12.8. The highest BCUT2D eigenvalue weighted by Gasteiger charge is 2.27. The first-order chi connectivity index (χ1) is 11.0. The van der Waals surface area contributed by atoms with Gasteiger partial charge in [0.1, 0.15) is 0 Å². The van der Waals surface area contributed by atoms with Gasteiger partial charge in [-0.15, -0.1) is 12.4 Å². The van der Waals surface area contributed by atoms with E-state index in [1.54, 1.807) is 0 Å². The largest absolute Gasteiger partial charge is 0.353 e. The molecule has 1 amide bonds. The van der Waals surface area contributed by atoms with Crippen LogP contribution < -0.4 is 15.8 Å². The van der Waals surface area contributed by atoms with Gasteiger partial charge in [-0.05, 0) is 11.5 Å². The molecule has 0 fully saturated rings. The Labute approximate surface area is 153 Å². The number of nitrogens with zero attached hydrogens (tertiary/aromatic N) is 1. The Morgan fingerprint density at radius 1 is 1.28 bits per heavy atom. The Morgan fingerprint density at radius 2 is 1.84 bits per heavy atom. The molecule has 0 aliphatic carbocycles. The van der Waals surface area contributed by atoms with E-state index >= 15 is 0 Å². The molecule has 9 nitrogen and oxygen atoms in total. The maximum absolute atomic E-state index is 12.1. The summed E-state index contributed by atoms with van der Waals surface area (Å²) >= 11 is 0. The quantitative estimate of drug-likeness (QED) is 0.354. The third-order valence-corrected chi connectivity index (χ3v) is 4.79. The van der Waals surface area contributed by atoms with Crippen molar-refractivity contribution in [3.8, 4) is 0 Å². The lowest BCUT2D eigenvalue weighted by molar-refractivity contribution is -0.387. The number of carbonyl (C=O) groups is 1. The number of nitrogens with one attached hydrogen (secondary N) is 2. The Bertz CT molecular complexity index is 718. The molecule has 142 valence electrons. The molecule has 0 bridgehead atoms. The number of para-hydroxylation sites is 1. The van der Waals surface area contributed by atoms with Gasteiger partial charge in [0.25, 0.3) is 5.69 Å². The van der Waals surface area contributed by atoms with Gasteiger partial charge in [-0.3, -0.25) is 14.9 Å². The lowest BCUT2D eigenvalue weighted by Crippen LogP contribution is -2.49. The molecule has 4 N–H and O–H groups in total. The predicted octanol–water partition coefficient (Wildman–Crippen LogP) is 0.785. The van der Waals surface area contributed by atoms with Crippen LogP contribution in [0.5, 0.6) is 0 Å². The molecule has 0 heterocycles. The fourth-order valence-corrected chi connectivity index (χ4v) is 2.99. The van der Waals surface area contributed by atoms with Crippen LogP contribution in [0.1, 0.15) is 20.8 Å². The minimum absolute atomic E-state index is 0. The maximum Gasteiger partial charge on any atom is 0.289 e. The van der Waals surface area contributed by atoms with E-state index in [9.17, 15) is 23.3 Å². The van der Waals surface area contributed by atoms with E-state index in [2.05, 4.69) is 10.0 Å². The smallest absolute Gasteiger partial charge is 0.289 e. The SMILES string of the molecule is CC(C)(C)[C@H](N)C(=O)NCCNS(=O)(=O)c1ccccc1[N+](=O)[O-].Cl. The van der Waals surface area contributed by atoms with E-state index in [4.69, 9.17) is 5.73 Å². The van der Waals surface area contributed by atoms with Crippen LogP contribution in [0.3, 0.4) is 0 Å². The zero-order valence-electron chi connectivity index (χ0n) is 14.2. The van der Waals surface area contributed by atoms with Crippen molar-refractivity contribution in [1.82, 2.24) is 10.0 Å². The molecule has 1 aromatic rings. The first-order valence-electron chi connectivity index (χ1n) is 7.23. The zero-order valence-corrected chi connectivity index (χ0v) is 15.8. The minimum Gasteiger partial charge on any atom is -0.353 e. The van der Waals surface area contributed by atoms with Gasteiger partial charge in [0.05, 0.1) is 11.0 Å². The molecule has 1 aromatic carbocycles. The Kier molecular flexibility index (Phi) is 8.45. The molecular weight excluding hydrogens is 372 g/mol. The molecule has 0 saturated carbocycles. The first-order valence-corrected chi connectivity index (χ1v) is 8.71. The molecule has 1 rings (SSSR count). The van der Waals surface area contributed by atoms with Crippen molar-refractivity contribution >= 4 is 34.0 Å². The predicted molar refractivity (Wildman–Crippen MR) is 96.0 cm³/mol. The van der Waals surface area contributed by atoms with Crippen LogP contribution in [0.25, 0.3) is 0 Å². The average Bonchev–Trinajstić information content (AvgIpc) is 2.49. The number of nitrogens with two attached hydrogens (primary N) is 1. The summed E-state index contributed by atoms with van der Waals surface area (Å²) in [7, 11) is -4.06. The van der Waals surface area contributed by atoms with Crippen molar-refractivity contribution in [3.05, 3.63) is 34.4 Å². The number of nitro benzene ring substituents is 1. The molecule has 0 unspecified atom stereocenters. The molecule has 0 saturated heterocycles. The molecule has 0 aliphatic rings. The van der Waals surface area contributed by atoms with Crippen molar-refractivity contribution in [2.45, 2.75) is 31.7 Å². The van der Waals surface area contributed by atoms with Crippen LogP contribution in [0, 0.1) is 15.5 Å². The number of benzene rings is 1. The highest BCUT2D eigenvalue weighted by atomic mass is 35.5. The van der Waals surface area contributed by atoms with Gasteiger partial charge in [0.2, 0.25) is 15.9 Å². The fourth-order valence-electron chi connectivity index (χ4n) is 1.79. The lowest BCUT2D eigenvalue weighted by Gasteiger charge is -2.25. The van der Waals surface area contributed by atoms with Gasteiger partial charge in [0.15, 0.2) is 4.90 Å². The van der Waals surface area contributed by atoms with E-state index in [-0.39, 0.29) is 25.5 Å². The Hall–Kier alpha value is -1.75. The van der Waals surface area contributed by atoms with E-state index in [0.717, 1.165) is 12.1 Å². The van der Waals surface area contributed by atoms with Gasteiger partial charge in [-0.25, -0.2) is 13.1 Å². The van der Waals surface area contributed by atoms with Crippen molar-refractivity contribution in [1.29, 1.82) is 0 Å². The number of halogens is 1. The summed E-state index contributed by atoms with van der Waals surface area (Å²) in [6.07, 6.45) is 0. The summed E-state index contributed by atoms with van der Waals surface area (Å²) in [6, 6.07) is 4.30. The molecule has 0 aromatic heterocycles. The molecule has 0 spiro atoms. The van der Waals surface area contributed by atoms with Crippen molar-refractivity contribution in [2.24, 2.45) is 11.1 Å². The first kappa shape index (κ1) is 23.2. The van der Waals surface area contributed by atoms with Gasteiger partial charge in [-0.2, -0.15) is 0 Å². The summed E-state index contributed by atoms with van der Waals surface area (Å²) in [6.45, 7) is 5.34. The molecule has 25 heavy (non-hydrogen) atoms. The van der Waals surface area contributed by atoms with Gasteiger partial charge in [0, 0.05) is 19.2 Å². The summed E-state index contributed by atoms with van der Waals surface area (Å²) in [5.41, 5.74) is 4.85. The summed E-state index contributed by atoms with van der Waals surface area (Å²) in [4.78, 5) is 21.5. The summed E-state index contributed by atoms with van der Waals surface area (Å²) in [5, 5.41) is 13.4. The Balaban J connectivity index is 0.00000576. The third-order valence-electron chi connectivity index (χ3n) is 3.28. The highest BCUT2D eigenvalue weighted by molar-refractivity contribution is 7.89. The van der Waals surface area contributed by atoms with E-state index in [0.29, 0.717) is 0 Å². The molecule has 0 radical (unpaired) electrons. The van der Waals surface area contributed by atoms with Crippen molar-refractivity contribution < 1.29 is 18.1 Å². The second-order valence-corrected chi connectivity index (χ2v) is 7.99. The van der Waals surface area contributed by atoms with Crippen molar-refractivity contribution in [2.75, 3.05) is 13.1 Å². The molecule has 1 atom stereocenters. The fraction of sp³-hybridized carbons (Fsp3) is 0.500. The van der Waals surface area contributed by atoms with Crippen LogP contribution in [0.15, 0.2) is 29.2 Å². The Morgan fingerprint density at radius 3 is 2.36 bits per heavy atom. The van der Waals surface area contributed by atoms with Crippen LogP contribution >= 0.6 is 12.4 Å². The van der Waals surface area contributed by atoms with Gasteiger partial charge in [-0.1, -0.05) is 32.9 Å². The lowest BCUT2D eigenvalue weighted by atomic mass is 9.87. The molecule has 0 aliphatic heterocycles. The monoisotopic (exact) mass is 394 g/mol. The van der Waals surface area contributed by atoms with E-state index in [1.807, 2.05) is 20.8 Å². The second kappa shape index (κ2) is 9.09. The maximum atomic E-state index is 12.1. The number of carbonyl (C=O) groups excluding carboxylic acids is 1. The second-order valence-electron chi connectivity index (χ2n) is 6.26. The highest BCUT2D eigenvalue weighted by Crippen LogP contribution is 2.22. The van der Waals surface area contributed by atoms with Gasteiger partial charge < -0.3 is 11.1 Å². The number of amides is 1. The van der Waals surface area contributed by atoms with Crippen LogP contribution in [-0.2, 0) is 14.8 Å². The minimum atomic E-state index is -4.06. The average molecular weight is 395 g/mol. The van der Waals surface area contributed by atoms with Gasteiger partial charge >= 0.3 is 0 Å². The summed E-state index contributed by atoms with van der Waals surface area (Å²) in [5.74, 6) is -0.396. The van der Waals surface area contributed by atoms with E-state index < -0.39 is 42.9 Å². The third kappa shape index (κ3) is 6.58. The topological polar surface area (TPSA) is 144 Å². The number of sulfonamides is 1. The number of hydrogen-bond donors (Lipinski definition) is 3. The summed E-state index contributed by atoms with van der Waals surface area (Å²) < 4.78 is 26.5. The van der Waals surface area contributed by atoms with Crippen LogP contribution in [-0.4, -0.2) is 38.4 Å². The van der Waals surface area contributed by atoms with Crippen LogP contribution in [0.2, 0.25) is 0 Å².